The van der Waals surface area contributed by atoms with Crippen molar-refractivity contribution >= 4 is 17.5 Å². The fraction of sp³-hybridized carbons (Fsp3) is 0.409. The molecular weight excluding hydrogens is 358 g/mol. The Hall–Kier alpha value is -1.88. The normalized spacial score (nSPS) is 20.8. The lowest BCUT2D eigenvalue weighted by Gasteiger charge is -2.42. The molecule has 144 valence electrons. The quantitative estimate of drug-likeness (QED) is 0.826. The number of halogens is 1. The van der Waals surface area contributed by atoms with E-state index in [1.165, 1.54) is 0 Å². The van der Waals surface area contributed by atoms with Gasteiger partial charge >= 0.3 is 0 Å². The van der Waals surface area contributed by atoms with Crippen molar-refractivity contribution in [2.45, 2.75) is 32.4 Å². The minimum absolute atomic E-state index is 0.0186. The van der Waals surface area contributed by atoms with Crippen LogP contribution < -0.4 is 11.1 Å². The fourth-order valence-corrected chi connectivity index (χ4v) is 3.82. The van der Waals surface area contributed by atoms with E-state index in [1.54, 1.807) is 0 Å². The number of likely N-dealkylation sites (tertiary alicyclic amines) is 1. The number of carbonyl (C=O) groups is 1. The summed E-state index contributed by atoms with van der Waals surface area (Å²) in [7, 11) is 0. The molecule has 0 aliphatic carbocycles. The maximum atomic E-state index is 12.8. The van der Waals surface area contributed by atoms with Crippen molar-refractivity contribution < 1.29 is 4.79 Å². The molecule has 0 aromatic heterocycles. The second-order valence-corrected chi connectivity index (χ2v) is 8.49. The third-order valence-corrected chi connectivity index (χ3v) is 5.65. The number of hydrogen-bond acceptors (Lipinski definition) is 3. The molecule has 0 radical (unpaired) electrons. The van der Waals surface area contributed by atoms with Gasteiger partial charge in [-0.2, -0.15) is 0 Å². The zero-order valence-corrected chi connectivity index (χ0v) is 16.7. The molecule has 3 N–H and O–H groups in total. The molecule has 1 fully saturated rings. The average molecular weight is 386 g/mol. The standard InChI is InChI=1S/C22H28ClN3O/c1-22(2)15-26(13-12-19(22)24)14-20(27)25-21(16-6-4-3-5-7-16)17-8-10-18(23)11-9-17/h3-11,19,21H,12-15,24H2,1-2H3,(H,25,27). The summed E-state index contributed by atoms with van der Waals surface area (Å²) >= 11 is 6.03. The molecule has 0 saturated carbocycles. The van der Waals surface area contributed by atoms with Crippen molar-refractivity contribution in [2.75, 3.05) is 19.6 Å². The Labute approximate surface area is 166 Å². The zero-order chi connectivity index (χ0) is 19.4. The van der Waals surface area contributed by atoms with Crippen LogP contribution in [0.5, 0.6) is 0 Å². The first kappa shape index (κ1) is 19.9. The Morgan fingerprint density at radius 3 is 2.44 bits per heavy atom. The van der Waals surface area contributed by atoms with Gasteiger partial charge in [-0.3, -0.25) is 9.69 Å². The Bertz CT molecular complexity index is 761. The highest BCUT2D eigenvalue weighted by molar-refractivity contribution is 6.30. The van der Waals surface area contributed by atoms with E-state index in [1.807, 2.05) is 54.6 Å². The lowest BCUT2D eigenvalue weighted by atomic mass is 9.80. The molecular formula is C22H28ClN3O. The Kier molecular flexibility index (Phi) is 6.20. The van der Waals surface area contributed by atoms with Gasteiger partial charge in [-0.15, -0.1) is 0 Å². The minimum atomic E-state index is -0.198. The number of benzene rings is 2. The van der Waals surface area contributed by atoms with E-state index in [-0.39, 0.29) is 23.4 Å². The van der Waals surface area contributed by atoms with Crippen LogP contribution >= 0.6 is 11.6 Å². The van der Waals surface area contributed by atoms with Gasteiger partial charge in [-0.1, -0.05) is 67.9 Å². The molecule has 3 rings (SSSR count). The van der Waals surface area contributed by atoms with E-state index in [4.69, 9.17) is 17.3 Å². The molecule has 5 heteroatoms. The zero-order valence-electron chi connectivity index (χ0n) is 16.0. The summed E-state index contributed by atoms with van der Waals surface area (Å²) in [6.07, 6.45) is 0.916. The highest BCUT2D eigenvalue weighted by atomic mass is 35.5. The first-order valence-corrected chi connectivity index (χ1v) is 9.81. The van der Waals surface area contributed by atoms with Crippen LogP contribution in [-0.2, 0) is 4.79 Å². The summed E-state index contributed by atoms with van der Waals surface area (Å²) in [6.45, 7) is 6.41. The van der Waals surface area contributed by atoms with Crippen LogP contribution in [0.4, 0.5) is 0 Å². The molecule has 1 heterocycles. The fourth-order valence-electron chi connectivity index (χ4n) is 3.69. The van der Waals surface area contributed by atoms with Crippen LogP contribution in [0.3, 0.4) is 0 Å². The van der Waals surface area contributed by atoms with Crippen molar-refractivity contribution in [3.8, 4) is 0 Å². The lowest BCUT2D eigenvalue weighted by Crippen LogP contribution is -2.54. The summed E-state index contributed by atoms with van der Waals surface area (Å²) in [5, 5.41) is 3.88. The Balaban J connectivity index is 1.72. The highest BCUT2D eigenvalue weighted by Gasteiger charge is 2.34. The summed E-state index contributed by atoms with van der Waals surface area (Å²) < 4.78 is 0. The molecule has 1 saturated heterocycles. The average Bonchev–Trinajstić information content (AvgIpc) is 2.64. The van der Waals surface area contributed by atoms with Gasteiger partial charge in [-0.25, -0.2) is 0 Å². The number of piperidine rings is 1. The minimum Gasteiger partial charge on any atom is -0.344 e. The van der Waals surface area contributed by atoms with Crippen LogP contribution in [0.1, 0.15) is 37.4 Å². The number of rotatable bonds is 5. The predicted molar refractivity (Wildman–Crippen MR) is 111 cm³/mol. The molecule has 0 bridgehead atoms. The number of carbonyl (C=O) groups excluding carboxylic acids is 1. The monoisotopic (exact) mass is 385 g/mol. The molecule has 0 spiro atoms. The third-order valence-electron chi connectivity index (χ3n) is 5.40. The van der Waals surface area contributed by atoms with E-state index in [0.717, 1.165) is 30.6 Å². The maximum Gasteiger partial charge on any atom is 0.234 e. The smallest absolute Gasteiger partial charge is 0.234 e. The Morgan fingerprint density at radius 1 is 1.19 bits per heavy atom. The number of amides is 1. The van der Waals surface area contributed by atoms with Crippen molar-refractivity contribution in [2.24, 2.45) is 11.1 Å². The predicted octanol–water partition coefficient (Wildman–Crippen LogP) is 3.60. The van der Waals surface area contributed by atoms with Gasteiger partial charge in [0.2, 0.25) is 5.91 Å². The van der Waals surface area contributed by atoms with Gasteiger partial charge in [0.15, 0.2) is 0 Å². The van der Waals surface area contributed by atoms with Crippen molar-refractivity contribution in [3.05, 3.63) is 70.7 Å². The molecule has 2 aromatic rings. The van der Waals surface area contributed by atoms with Crippen molar-refractivity contribution in [1.82, 2.24) is 10.2 Å². The van der Waals surface area contributed by atoms with Gasteiger partial charge in [-0.05, 0) is 35.1 Å². The number of nitrogens with two attached hydrogens (primary N) is 1. The van der Waals surface area contributed by atoms with Crippen molar-refractivity contribution in [3.63, 3.8) is 0 Å². The molecule has 2 aromatic carbocycles. The van der Waals surface area contributed by atoms with E-state index in [2.05, 4.69) is 24.1 Å². The second kappa shape index (κ2) is 8.42. The summed E-state index contributed by atoms with van der Waals surface area (Å²) in [6, 6.07) is 17.6. The van der Waals surface area contributed by atoms with E-state index in [0.29, 0.717) is 11.6 Å². The first-order chi connectivity index (χ1) is 12.8. The van der Waals surface area contributed by atoms with Gasteiger partial charge in [0.05, 0.1) is 12.6 Å². The molecule has 4 nitrogen and oxygen atoms in total. The third kappa shape index (κ3) is 5.10. The van der Waals surface area contributed by atoms with Crippen LogP contribution in [0.2, 0.25) is 5.02 Å². The molecule has 2 unspecified atom stereocenters. The number of nitrogens with one attached hydrogen (secondary N) is 1. The van der Waals surface area contributed by atoms with E-state index in [9.17, 15) is 4.79 Å². The summed E-state index contributed by atoms with van der Waals surface area (Å²) in [5.74, 6) is 0.0186. The highest BCUT2D eigenvalue weighted by Crippen LogP contribution is 2.28. The van der Waals surface area contributed by atoms with Crippen LogP contribution in [0, 0.1) is 5.41 Å². The van der Waals surface area contributed by atoms with E-state index < -0.39 is 0 Å². The molecule has 2 atom stereocenters. The SMILES string of the molecule is CC1(C)CN(CC(=O)NC(c2ccccc2)c2ccc(Cl)cc2)CCC1N. The molecule has 1 aliphatic heterocycles. The molecule has 1 amide bonds. The topological polar surface area (TPSA) is 58.4 Å². The number of nitrogens with zero attached hydrogens (tertiary/aromatic N) is 1. The second-order valence-electron chi connectivity index (χ2n) is 8.06. The largest absolute Gasteiger partial charge is 0.344 e. The lowest BCUT2D eigenvalue weighted by molar-refractivity contribution is -0.123. The first-order valence-electron chi connectivity index (χ1n) is 9.43. The summed E-state index contributed by atoms with van der Waals surface area (Å²) in [4.78, 5) is 15.0. The van der Waals surface area contributed by atoms with Gasteiger partial charge < -0.3 is 11.1 Å². The Morgan fingerprint density at radius 2 is 1.81 bits per heavy atom. The molecule has 27 heavy (non-hydrogen) atoms. The van der Waals surface area contributed by atoms with Crippen molar-refractivity contribution in [1.29, 1.82) is 0 Å². The van der Waals surface area contributed by atoms with Gasteiger partial charge in [0, 0.05) is 24.2 Å². The maximum absolute atomic E-state index is 12.8. The summed E-state index contributed by atoms with van der Waals surface area (Å²) in [5.41, 5.74) is 8.30. The van der Waals surface area contributed by atoms with Crippen LogP contribution in [0.25, 0.3) is 0 Å². The van der Waals surface area contributed by atoms with Gasteiger partial charge in [0.1, 0.15) is 0 Å². The van der Waals surface area contributed by atoms with Crippen LogP contribution in [-0.4, -0.2) is 36.5 Å². The molecule has 1 aliphatic rings. The van der Waals surface area contributed by atoms with E-state index >= 15 is 0 Å². The van der Waals surface area contributed by atoms with Gasteiger partial charge in [0.25, 0.3) is 0 Å². The van der Waals surface area contributed by atoms with Crippen LogP contribution in [0.15, 0.2) is 54.6 Å². The number of hydrogen-bond donors (Lipinski definition) is 2.